The van der Waals surface area contributed by atoms with Gasteiger partial charge in [-0.25, -0.2) is 0 Å². The van der Waals surface area contributed by atoms with Crippen LogP contribution >= 0.6 is 0 Å². The Morgan fingerprint density at radius 2 is 1.85 bits per heavy atom. The van der Waals surface area contributed by atoms with E-state index in [4.69, 9.17) is 0 Å². The fourth-order valence-electron chi connectivity index (χ4n) is 4.87. The van der Waals surface area contributed by atoms with E-state index in [-0.39, 0.29) is 0 Å². The molecule has 0 amide bonds. The van der Waals surface area contributed by atoms with Gasteiger partial charge in [0.15, 0.2) is 0 Å². The highest BCUT2D eigenvalue weighted by molar-refractivity contribution is 5.20. The summed E-state index contributed by atoms with van der Waals surface area (Å²) in [6.45, 7) is 5.27. The van der Waals surface area contributed by atoms with Crippen LogP contribution in [0.1, 0.15) is 39.5 Å². The van der Waals surface area contributed by atoms with Crippen LogP contribution in [0.3, 0.4) is 0 Å². The van der Waals surface area contributed by atoms with Gasteiger partial charge in [0.1, 0.15) is 0 Å². The Kier molecular flexibility index (Phi) is 1.36. The summed E-state index contributed by atoms with van der Waals surface area (Å²) in [7, 11) is 0. The maximum atomic E-state index is 9.60. The average molecular weight is 180 g/mol. The molecule has 0 aromatic heterocycles. The van der Waals surface area contributed by atoms with Gasteiger partial charge >= 0.3 is 0 Å². The van der Waals surface area contributed by atoms with Crippen LogP contribution in [0.25, 0.3) is 0 Å². The summed E-state index contributed by atoms with van der Waals surface area (Å²) < 4.78 is 0. The van der Waals surface area contributed by atoms with Gasteiger partial charge in [-0.15, -0.1) is 0 Å². The van der Waals surface area contributed by atoms with Crippen LogP contribution in [-0.4, -0.2) is 11.7 Å². The number of hydrogen-bond acceptors (Lipinski definition) is 1. The summed E-state index contributed by atoms with van der Waals surface area (Å²) in [5, 5.41) is 9.60. The van der Waals surface area contributed by atoms with Crippen molar-refractivity contribution in [2.24, 2.45) is 28.6 Å². The molecule has 0 unspecified atom stereocenters. The topological polar surface area (TPSA) is 20.2 Å². The van der Waals surface area contributed by atoms with Crippen molar-refractivity contribution in [1.82, 2.24) is 0 Å². The van der Waals surface area contributed by atoms with Crippen molar-refractivity contribution >= 4 is 0 Å². The lowest BCUT2D eigenvalue weighted by molar-refractivity contribution is -0.00399. The lowest BCUT2D eigenvalue weighted by Crippen LogP contribution is -2.39. The monoisotopic (exact) mass is 180 g/mol. The molecule has 4 aliphatic carbocycles. The maximum absolute atomic E-state index is 9.60. The van der Waals surface area contributed by atoms with E-state index in [9.17, 15) is 5.11 Å². The first kappa shape index (κ1) is 8.28. The predicted octanol–water partition coefficient (Wildman–Crippen LogP) is 2.44. The van der Waals surface area contributed by atoms with E-state index in [1.165, 1.54) is 25.7 Å². The van der Waals surface area contributed by atoms with E-state index in [1.54, 1.807) is 0 Å². The minimum atomic E-state index is 0.350. The SMILES string of the molecule is CC1(C)[C@@H]2C3CCC(CO)(CC3)[C@H]21. The van der Waals surface area contributed by atoms with Crippen molar-refractivity contribution in [3.63, 3.8) is 0 Å². The fraction of sp³-hybridized carbons (Fsp3) is 1.00. The van der Waals surface area contributed by atoms with Crippen LogP contribution in [0, 0.1) is 28.6 Å². The van der Waals surface area contributed by atoms with Crippen molar-refractivity contribution < 1.29 is 5.11 Å². The normalized spacial score (nSPS) is 56.1. The Balaban J connectivity index is 1.98. The molecule has 4 rings (SSSR count). The molecule has 2 atom stereocenters. The van der Waals surface area contributed by atoms with Gasteiger partial charge in [0, 0.05) is 6.61 Å². The van der Waals surface area contributed by atoms with Crippen molar-refractivity contribution in [2.75, 3.05) is 6.61 Å². The smallest absolute Gasteiger partial charge is 0.0490 e. The first-order valence-electron chi connectivity index (χ1n) is 5.73. The minimum Gasteiger partial charge on any atom is -0.396 e. The molecule has 1 nitrogen and oxygen atoms in total. The van der Waals surface area contributed by atoms with Gasteiger partial charge in [0.05, 0.1) is 0 Å². The molecular weight excluding hydrogens is 160 g/mol. The van der Waals surface area contributed by atoms with Crippen LogP contribution in [0.5, 0.6) is 0 Å². The van der Waals surface area contributed by atoms with Gasteiger partial charge in [-0.2, -0.15) is 0 Å². The van der Waals surface area contributed by atoms with Gasteiger partial charge in [0.25, 0.3) is 0 Å². The second-order valence-corrected chi connectivity index (χ2v) is 6.18. The van der Waals surface area contributed by atoms with Crippen LogP contribution in [0.2, 0.25) is 0 Å². The molecule has 1 N–H and O–H groups in total. The molecule has 4 aliphatic rings. The number of aliphatic hydroxyl groups is 1. The molecule has 13 heavy (non-hydrogen) atoms. The maximum Gasteiger partial charge on any atom is 0.0490 e. The van der Waals surface area contributed by atoms with E-state index in [2.05, 4.69) is 13.8 Å². The first-order chi connectivity index (χ1) is 6.12. The highest BCUT2D eigenvalue weighted by atomic mass is 16.3. The van der Waals surface area contributed by atoms with Crippen molar-refractivity contribution in [3.05, 3.63) is 0 Å². The first-order valence-corrected chi connectivity index (χ1v) is 5.73. The van der Waals surface area contributed by atoms with Crippen LogP contribution in [0.4, 0.5) is 0 Å². The number of fused-ring (bicyclic) bond motifs is 2. The second-order valence-electron chi connectivity index (χ2n) is 6.18. The molecule has 0 radical (unpaired) electrons. The highest BCUT2D eigenvalue weighted by Crippen LogP contribution is 2.77. The summed E-state index contributed by atoms with van der Waals surface area (Å²) in [5.41, 5.74) is 0.906. The largest absolute Gasteiger partial charge is 0.396 e. The Morgan fingerprint density at radius 3 is 2.31 bits per heavy atom. The van der Waals surface area contributed by atoms with Crippen molar-refractivity contribution in [3.8, 4) is 0 Å². The van der Waals surface area contributed by atoms with Crippen LogP contribution in [-0.2, 0) is 0 Å². The minimum absolute atomic E-state index is 0.350. The number of aliphatic hydroxyl groups excluding tert-OH is 1. The predicted molar refractivity (Wildman–Crippen MR) is 52.2 cm³/mol. The third-order valence-corrected chi connectivity index (χ3v) is 5.42. The molecule has 0 heterocycles. The van der Waals surface area contributed by atoms with Gasteiger partial charge in [-0.05, 0) is 54.3 Å². The fourth-order valence-corrected chi connectivity index (χ4v) is 4.87. The Hall–Kier alpha value is -0.0400. The molecule has 0 aromatic carbocycles. The molecule has 4 fully saturated rings. The van der Waals surface area contributed by atoms with Gasteiger partial charge in [0.2, 0.25) is 0 Å². The lowest BCUT2D eigenvalue weighted by Gasteiger charge is -2.45. The van der Waals surface area contributed by atoms with Gasteiger partial charge in [-0.1, -0.05) is 13.8 Å². The third kappa shape index (κ3) is 0.782. The van der Waals surface area contributed by atoms with E-state index >= 15 is 0 Å². The summed E-state index contributed by atoms with van der Waals surface area (Å²) >= 11 is 0. The summed E-state index contributed by atoms with van der Waals surface area (Å²) in [5.74, 6) is 2.83. The second kappa shape index (κ2) is 2.13. The number of hydrogen-bond donors (Lipinski definition) is 1. The molecular formula is C12H20O. The molecule has 0 spiro atoms. The quantitative estimate of drug-likeness (QED) is 0.657. The zero-order chi connectivity index (χ0) is 9.27. The molecule has 4 saturated carbocycles. The Morgan fingerprint density at radius 1 is 1.23 bits per heavy atom. The molecule has 1 heteroatoms. The highest BCUT2D eigenvalue weighted by Gasteiger charge is 2.72. The van der Waals surface area contributed by atoms with E-state index in [1.807, 2.05) is 0 Å². The van der Waals surface area contributed by atoms with E-state index < -0.39 is 0 Å². The van der Waals surface area contributed by atoms with Crippen molar-refractivity contribution in [2.45, 2.75) is 39.5 Å². The summed E-state index contributed by atoms with van der Waals surface area (Å²) in [4.78, 5) is 0. The van der Waals surface area contributed by atoms with Crippen LogP contribution in [0.15, 0.2) is 0 Å². The Labute approximate surface area is 80.5 Å². The molecule has 0 aliphatic heterocycles. The zero-order valence-corrected chi connectivity index (χ0v) is 8.71. The molecule has 0 saturated heterocycles. The molecule has 2 bridgehead atoms. The molecule has 0 aromatic rings. The lowest BCUT2D eigenvalue weighted by atomic mass is 9.61. The summed E-state index contributed by atoms with van der Waals surface area (Å²) in [6, 6.07) is 0. The van der Waals surface area contributed by atoms with Crippen LogP contribution < -0.4 is 0 Å². The summed E-state index contributed by atoms with van der Waals surface area (Å²) in [6.07, 6.45) is 5.40. The number of rotatable bonds is 1. The zero-order valence-electron chi connectivity index (χ0n) is 8.71. The Bertz CT molecular complexity index is 236. The van der Waals surface area contributed by atoms with E-state index in [0.29, 0.717) is 17.4 Å². The van der Waals surface area contributed by atoms with E-state index in [0.717, 1.165) is 17.8 Å². The molecule has 74 valence electrons. The standard InChI is InChI=1S/C12H20O/c1-11(2)9-8-3-5-12(7-13,6-4-8)10(9)11/h8-10,13H,3-7H2,1-2H3/t8?,9-,10-,12?/m1/s1. The van der Waals surface area contributed by atoms with Gasteiger partial charge in [-0.3, -0.25) is 0 Å². The average Bonchev–Trinajstić information content (AvgIpc) is 2.76. The van der Waals surface area contributed by atoms with Crippen molar-refractivity contribution in [1.29, 1.82) is 0 Å². The van der Waals surface area contributed by atoms with Gasteiger partial charge < -0.3 is 5.11 Å². The third-order valence-electron chi connectivity index (χ3n) is 5.42.